The van der Waals surface area contributed by atoms with E-state index >= 15 is 0 Å². The van der Waals surface area contributed by atoms with Gasteiger partial charge in [0.05, 0.1) is 6.54 Å². The van der Waals surface area contributed by atoms with E-state index in [1.807, 2.05) is 23.6 Å². The van der Waals surface area contributed by atoms with E-state index in [2.05, 4.69) is 30.5 Å². The summed E-state index contributed by atoms with van der Waals surface area (Å²) in [5.74, 6) is 0.714. The summed E-state index contributed by atoms with van der Waals surface area (Å²) in [5.41, 5.74) is 3.21. The molecular formula is C20H23N5O2. The zero-order valence-corrected chi connectivity index (χ0v) is 15.9. The molecule has 0 fully saturated rings. The molecular weight excluding hydrogens is 342 g/mol. The SMILES string of the molecule is C=C(C)Cn1c(=O)c2c(nc3n2CCCN3c2ccccc2C)n(C)c1=O. The molecule has 0 unspecified atom stereocenters. The minimum Gasteiger partial charge on any atom is -0.312 e. The second-order valence-corrected chi connectivity index (χ2v) is 7.22. The summed E-state index contributed by atoms with van der Waals surface area (Å²) in [5, 5.41) is 0. The molecule has 0 radical (unpaired) electrons. The molecule has 0 N–H and O–H groups in total. The number of allylic oxidation sites excluding steroid dienone is 1. The van der Waals surface area contributed by atoms with E-state index in [1.54, 1.807) is 7.05 Å². The van der Waals surface area contributed by atoms with Crippen LogP contribution in [0.4, 0.5) is 11.6 Å². The van der Waals surface area contributed by atoms with Crippen LogP contribution in [0.5, 0.6) is 0 Å². The van der Waals surface area contributed by atoms with Crippen molar-refractivity contribution >= 4 is 22.8 Å². The highest BCUT2D eigenvalue weighted by atomic mass is 16.2. The average Bonchev–Trinajstić information content (AvgIpc) is 3.04. The van der Waals surface area contributed by atoms with Crippen LogP contribution in [-0.4, -0.2) is 25.2 Å². The van der Waals surface area contributed by atoms with Gasteiger partial charge in [0.2, 0.25) is 5.95 Å². The Morgan fingerprint density at radius 2 is 1.96 bits per heavy atom. The van der Waals surface area contributed by atoms with Crippen molar-refractivity contribution in [3.63, 3.8) is 0 Å². The van der Waals surface area contributed by atoms with Crippen LogP contribution in [0.15, 0.2) is 46.0 Å². The van der Waals surface area contributed by atoms with Crippen molar-refractivity contribution in [2.24, 2.45) is 7.05 Å². The van der Waals surface area contributed by atoms with Crippen LogP contribution in [0.3, 0.4) is 0 Å². The van der Waals surface area contributed by atoms with Crippen LogP contribution in [0.2, 0.25) is 0 Å². The molecule has 3 aromatic rings. The van der Waals surface area contributed by atoms with Crippen molar-refractivity contribution in [1.82, 2.24) is 18.7 Å². The van der Waals surface area contributed by atoms with Gasteiger partial charge in [0, 0.05) is 25.8 Å². The summed E-state index contributed by atoms with van der Waals surface area (Å²) < 4.78 is 4.65. The number of nitrogens with zero attached hydrogens (tertiary/aromatic N) is 5. The lowest BCUT2D eigenvalue weighted by Crippen LogP contribution is -2.40. The second-order valence-electron chi connectivity index (χ2n) is 7.22. The van der Waals surface area contributed by atoms with Crippen molar-refractivity contribution in [1.29, 1.82) is 0 Å². The Morgan fingerprint density at radius 3 is 2.67 bits per heavy atom. The minimum atomic E-state index is -0.367. The summed E-state index contributed by atoms with van der Waals surface area (Å²) in [4.78, 5) is 32.6. The third-order valence-electron chi connectivity index (χ3n) is 5.05. The predicted octanol–water partition coefficient (Wildman–Crippen LogP) is 2.32. The van der Waals surface area contributed by atoms with Crippen molar-refractivity contribution in [2.75, 3.05) is 11.4 Å². The van der Waals surface area contributed by atoms with Crippen LogP contribution in [-0.2, 0) is 20.1 Å². The van der Waals surface area contributed by atoms with Gasteiger partial charge in [0.25, 0.3) is 5.56 Å². The van der Waals surface area contributed by atoms with Crippen LogP contribution in [0.1, 0.15) is 18.9 Å². The molecule has 0 amide bonds. The number of benzene rings is 1. The van der Waals surface area contributed by atoms with E-state index in [9.17, 15) is 9.59 Å². The maximum absolute atomic E-state index is 13.1. The number of hydrogen-bond acceptors (Lipinski definition) is 4. The number of para-hydroxylation sites is 1. The van der Waals surface area contributed by atoms with Gasteiger partial charge in [-0.05, 0) is 31.9 Å². The predicted molar refractivity (Wildman–Crippen MR) is 107 cm³/mol. The topological polar surface area (TPSA) is 65.1 Å². The van der Waals surface area contributed by atoms with Crippen molar-refractivity contribution < 1.29 is 0 Å². The third kappa shape index (κ3) is 2.61. The van der Waals surface area contributed by atoms with E-state index in [0.717, 1.165) is 29.8 Å². The number of aryl methyl sites for hydroxylation is 3. The largest absolute Gasteiger partial charge is 0.332 e. The van der Waals surface area contributed by atoms with Gasteiger partial charge in [-0.25, -0.2) is 4.79 Å². The van der Waals surface area contributed by atoms with Crippen LogP contribution in [0, 0.1) is 6.92 Å². The van der Waals surface area contributed by atoms with E-state index in [4.69, 9.17) is 4.98 Å². The third-order valence-corrected chi connectivity index (χ3v) is 5.05. The fourth-order valence-electron chi connectivity index (χ4n) is 3.77. The number of anilines is 2. The Balaban J connectivity index is 2.01. The Hall–Kier alpha value is -3.09. The van der Waals surface area contributed by atoms with Gasteiger partial charge in [0.1, 0.15) is 0 Å². The number of fused-ring (bicyclic) bond motifs is 3. The molecule has 2 aromatic heterocycles. The highest BCUT2D eigenvalue weighted by molar-refractivity contribution is 5.77. The standard InChI is InChI=1S/C20H23N5O2/c1-13(2)12-25-18(26)16-17(22(4)20(25)27)21-19-23(10-7-11-24(16)19)15-9-6-5-8-14(15)3/h5-6,8-9H,1,7,10-12H2,2-4H3. The number of aromatic nitrogens is 4. The van der Waals surface area contributed by atoms with Crippen LogP contribution >= 0.6 is 0 Å². The molecule has 0 atom stereocenters. The molecule has 0 bridgehead atoms. The first-order valence-corrected chi connectivity index (χ1v) is 9.07. The molecule has 140 valence electrons. The monoisotopic (exact) mass is 365 g/mol. The summed E-state index contributed by atoms with van der Waals surface area (Å²) >= 11 is 0. The van der Waals surface area contributed by atoms with Crippen molar-refractivity contribution in [3.05, 3.63) is 62.8 Å². The van der Waals surface area contributed by atoms with Crippen molar-refractivity contribution in [3.8, 4) is 0 Å². The summed E-state index contributed by atoms with van der Waals surface area (Å²) in [6.07, 6.45) is 0.898. The minimum absolute atomic E-state index is 0.212. The van der Waals surface area contributed by atoms with Gasteiger partial charge in [-0.1, -0.05) is 30.4 Å². The molecule has 0 saturated heterocycles. The fraction of sp³-hybridized carbons (Fsp3) is 0.350. The zero-order chi connectivity index (χ0) is 19.3. The quantitative estimate of drug-likeness (QED) is 0.668. The van der Waals surface area contributed by atoms with E-state index in [1.165, 1.54) is 9.13 Å². The van der Waals surface area contributed by atoms with Crippen LogP contribution < -0.4 is 16.1 Å². The lowest BCUT2D eigenvalue weighted by atomic mass is 10.1. The van der Waals surface area contributed by atoms with E-state index in [0.29, 0.717) is 23.7 Å². The first-order valence-electron chi connectivity index (χ1n) is 9.07. The van der Waals surface area contributed by atoms with Crippen LogP contribution in [0.25, 0.3) is 11.2 Å². The highest BCUT2D eigenvalue weighted by Crippen LogP contribution is 2.32. The Bertz CT molecular complexity index is 1180. The molecule has 1 aliphatic rings. The second kappa shape index (κ2) is 6.26. The maximum Gasteiger partial charge on any atom is 0.332 e. The number of rotatable bonds is 3. The summed E-state index contributed by atoms with van der Waals surface area (Å²) in [6, 6.07) is 8.13. The lowest BCUT2D eigenvalue weighted by Gasteiger charge is -2.30. The smallest absolute Gasteiger partial charge is 0.312 e. The molecule has 27 heavy (non-hydrogen) atoms. The van der Waals surface area contributed by atoms with Gasteiger partial charge < -0.3 is 9.47 Å². The van der Waals surface area contributed by atoms with Crippen molar-refractivity contribution in [2.45, 2.75) is 33.4 Å². The molecule has 7 heteroatoms. The lowest BCUT2D eigenvalue weighted by molar-refractivity contribution is 0.596. The Morgan fingerprint density at radius 1 is 1.22 bits per heavy atom. The zero-order valence-electron chi connectivity index (χ0n) is 15.9. The number of imidazole rings is 1. The summed E-state index contributed by atoms with van der Waals surface area (Å²) in [6.45, 7) is 9.45. The van der Waals surface area contributed by atoms with Gasteiger partial charge >= 0.3 is 5.69 Å². The molecule has 0 spiro atoms. The molecule has 4 rings (SSSR count). The highest BCUT2D eigenvalue weighted by Gasteiger charge is 2.27. The number of hydrogen-bond donors (Lipinski definition) is 0. The summed E-state index contributed by atoms with van der Waals surface area (Å²) in [7, 11) is 1.66. The molecule has 1 aliphatic heterocycles. The normalized spacial score (nSPS) is 13.8. The Kier molecular flexibility index (Phi) is 4.02. The Labute approximate surface area is 156 Å². The van der Waals surface area contributed by atoms with Gasteiger partial charge in [-0.3, -0.25) is 13.9 Å². The average molecular weight is 365 g/mol. The molecule has 1 aromatic carbocycles. The van der Waals surface area contributed by atoms with Gasteiger partial charge in [0.15, 0.2) is 11.2 Å². The van der Waals surface area contributed by atoms with E-state index < -0.39 is 0 Å². The molecule has 0 aliphatic carbocycles. The molecule has 7 nitrogen and oxygen atoms in total. The first kappa shape index (κ1) is 17.3. The first-order chi connectivity index (χ1) is 12.9. The van der Waals surface area contributed by atoms with E-state index in [-0.39, 0.29) is 17.8 Å². The maximum atomic E-state index is 13.1. The van der Waals surface area contributed by atoms with Gasteiger partial charge in [-0.2, -0.15) is 4.98 Å². The van der Waals surface area contributed by atoms with Gasteiger partial charge in [-0.15, -0.1) is 0 Å². The fourth-order valence-corrected chi connectivity index (χ4v) is 3.77. The molecule has 3 heterocycles. The molecule has 0 saturated carbocycles.